The van der Waals surface area contributed by atoms with E-state index in [0.29, 0.717) is 11.6 Å². The number of methoxy groups -OCH3 is 1. The van der Waals surface area contributed by atoms with Crippen LogP contribution in [0, 0.1) is 5.92 Å². The van der Waals surface area contributed by atoms with Crippen LogP contribution in [0.3, 0.4) is 0 Å². The maximum atomic E-state index is 12.5. The van der Waals surface area contributed by atoms with Crippen LogP contribution >= 0.6 is 0 Å². The molecule has 5 nitrogen and oxygen atoms in total. The SMILES string of the molecule is COc1ccc(-n2cnc(C(=O)N3CCC(C)CC3)c2)cc1. The number of aromatic nitrogens is 2. The van der Waals surface area contributed by atoms with Crippen LogP contribution < -0.4 is 4.74 Å². The lowest BCUT2D eigenvalue weighted by Gasteiger charge is -2.29. The van der Waals surface area contributed by atoms with Gasteiger partial charge in [0.25, 0.3) is 5.91 Å². The Bertz CT molecular complexity index is 640. The number of hydrogen-bond acceptors (Lipinski definition) is 3. The van der Waals surface area contributed by atoms with Gasteiger partial charge in [0.2, 0.25) is 0 Å². The Morgan fingerprint density at radius 3 is 2.55 bits per heavy atom. The molecule has 1 aromatic carbocycles. The third-order valence-corrected chi connectivity index (χ3v) is 4.24. The van der Waals surface area contributed by atoms with Crippen LogP contribution in [0.2, 0.25) is 0 Å². The van der Waals surface area contributed by atoms with E-state index in [1.54, 1.807) is 19.6 Å². The van der Waals surface area contributed by atoms with Crippen molar-refractivity contribution in [3.63, 3.8) is 0 Å². The predicted molar refractivity (Wildman–Crippen MR) is 84.4 cm³/mol. The number of hydrogen-bond donors (Lipinski definition) is 0. The lowest BCUT2D eigenvalue weighted by atomic mass is 9.99. The van der Waals surface area contributed by atoms with Crippen LogP contribution in [0.4, 0.5) is 0 Å². The molecule has 22 heavy (non-hydrogen) atoms. The van der Waals surface area contributed by atoms with E-state index in [9.17, 15) is 4.79 Å². The van der Waals surface area contributed by atoms with Gasteiger partial charge in [-0.25, -0.2) is 4.98 Å². The van der Waals surface area contributed by atoms with Crippen molar-refractivity contribution in [2.45, 2.75) is 19.8 Å². The molecule has 1 saturated heterocycles. The summed E-state index contributed by atoms with van der Waals surface area (Å²) in [5, 5.41) is 0. The van der Waals surface area contributed by atoms with Gasteiger partial charge in [0, 0.05) is 25.0 Å². The first-order chi connectivity index (χ1) is 10.7. The minimum atomic E-state index is 0.0270. The molecule has 116 valence electrons. The number of likely N-dealkylation sites (tertiary alicyclic amines) is 1. The van der Waals surface area contributed by atoms with Gasteiger partial charge in [0.1, 0.15) is 17.8 Å². The van der Waals surface area contributed by atoms with Crippen molar-refractivity contribution in [1.82, 2.24) is 14.5 Å². The Labute approximate surface area is 130 Å². The van der Waals surface area contributed by atoms with Gasteiger partial charge in [-0.3, -0.25) is 4.79 Å². The molecule has 1 aromatic heterocycles. The molecule has 0 bridgehead atoms. The number of rotatable bonds is 3. The molecule has 0 radical (unpaired) electrons. The molecule has 3 rings (SSSR count). The summed E-state index contributed by atoms with van der Waals surface area (Å²) < 4.78 is 7.01. The quantitative estimate of drug-likeness (QED) is 0.875. The molecule has 1 amide bonds. The number of nitrogens with zero attached hydrogens (tertiary/aromatic N) is 3. The third kappa shape index (κ3) is 2.98. The zero-order chi connectivity index (χ0) is 15.5. The fourth-order valence-electron chi connectivity index (χ4n) is 2.70. The topological polar surface area (TPSA) is 47.4 Å². The van der Waals surface area contributed by atoms with Crippen molar-refractivity contribution >= 4 is 5.91 Å². The largest absolute Gasteiger partial charge is 0.497 e. The minimum Gasteiger partial charge on any atom is -0.497 e. The van der Waals surface area contributed by atoms with Crippen LogP contribution in [0.1, 0.15) is 30.3 Å². The Morgan fingerprint density at radius 2 is 1.91 bits per heavy atom. The first-order valence-electron chi connectivity index (χ1n) is 7.65. The smallest absolute Gasteiger partial charge is 0.274 e. The van der Waals surface area contributed by atoms with Gasteiger partial charge < -0.3 is 14.2 Å². The predicted octanol–water partition coefficient (Wildman–Crippen LogP) is 2.75. The van der Waals surface area contributed by atoms with Crippen molar-refractivity contribution in [2.75, 3.05) is 20.2 Å². The van der Waals surface area contributed by atoms with Crippen molar-refractivity contribution in [1.29, 1.82) is 0 Å². The van der Waals surface area contributed by atoms with E-state index in [4.69, 9.17) is 4.74 Å². The number of benzene rings is 1. The molecule has 0 aliphatic carbocycles. The Hall–Kier alpha value is -2.30. The first-order valence-corrected chi connectivity index (χ1v) is 7.65. The van der Waals surface area contributed by atoms with E-state index in [1.807, 2.05) is 33.7 Å². The van der Waals surface area contributed by atoms with E-state index in [2.05, 4.69) is 11.9 Å². The van der Waals surface area contributed by atoms with Gasteiger partial charge in [0.05, 0.1) is 7.11 Å². The lowest BCUT2D eigenvalue weighted by molar-refractivity contribution is 0.0692. The van der Waals surface area contributed by atoms with Gasteiger partial charge in [-0.15, -0.1) is 0 Å². The van der Waals surface area contributed by atoms with Crippen LogP contribution in [0.25, 0.3) is 5.69 Å². The number of imidazole rings is 1. The standard InChI is InChI=1S/C17H21N3O2/c1-13-7-9-19(10-8-13)17(21)16-11-20(12-18-16)14-3-5-15(22-2)6-4-14/h3-6,11-13H,7-10H2,1-2H3. The summed E-state index contributed by atoms with van der Waals surface area (Å²) >= 11 is 0. The first kappa shape index (κ1) is 14.6. The maximum Gasteiger partial charge on any atom is 0.274 e. The van der Waals surface area contributed by atoms with E-state index in [0.717, 1.165) is 37.4 Å². The fourth-order valence-corrected chi connectivity index (χ4v) is 2.70. The Balaban J connectivity index is 1.73. The average molecular weight is 299 g/mol. The average Bonchev–Trinajstić information content (AvgIpc) is 3.05. The number of piperidine rings is 1. The maximum absolute atomic E-state index is 12.5. The Morgan fingerprint density at radius 1 is 1.23 bits per heavy atom. The second kappa shape index (κ2) is 6.22. The summed E-state index contributed by atoms with van der Waals surface area (Å²) in [5.74, 6) is 1.54. The molecular formula is C17H21N3O2. The molecule has 0 unspecified atom stereocenters. The van der Waals surface area contributed by atoms with Crippen LogP contribution in [0.15, 0.2) is 36.8 Å². The summed E-state index contributed by atoms with van der Waals surface area (Å²) in [6.45, 7) is 3.89. The summed E-state index contributed by atoms with van der Waals surface area (Å²) in [6, 6.07) is 7.67. The summed E-state index contributed by atoms with van der Waals surface area (Å²) in [4.78, 5) is 18.7. The number of carbonyl (C=O) groups excluding carboxylic acids is 1. The van der Waals surface area contributed by atoms with Crippen LogP contribution in [0.5, 0.6) is 5.75 Å². The van der Waals surface area contributed by atoms with Crippen LogP contribution in [-0.4, -0.2) is 40.6 Å². The molecular weight excluding hydrogens is 278 g/mol. The van der Waals surface area contributed by atoms with Gasteiger partial charge in [-0.1, -0.05) is 6.92 Å². The minimum absolute atomic E-state index is 0.0270. The van der Waals surface area contributed by atoms with Crippen LogP contribution in [-0.2, 0) is 0 Å². The van der Waals surface area contributed by atoms with E-state index >= 15 is 0 Å². The molecule has 1 aliphatic rings. The van der Waals surface area contributed by atoms with Crippen molar-refractivity contribution < 1.29 is 9.53 Å². The number of amides is 1. The monoisotopic (exact) mass is 299 g/mol. The summed E-state index contributed by atoms with van der Waals surface area (Å²) in [7, 11) is 1.64. The molecule has 2 heterocycles. The van der Waals surface area contributed by atoms with Crippen molar-refractivity contribution in [2.24, 2.45) is 5.92 Å². The van der Waals surface area contributed by atoms with E-state index < -0.39 is 0 Å². The normalized spacial score (nSPS) is 15.8. The highest BCUT2D eigenvalue weighted by Gasteiger charge is 2.22. The lowest BCUT2D eigenvalue weighted by Crippen LogP contribution is -2.38. The highest BCUT2D eigenvalue weighted by atomic mass is 16.5. The highest BCUT2D eigenvalue weighted by Crippen LogP contribution is 2.19. The number of carbonyl (C=O) groups is 1. The molecule has 2 aromatic rings. The molecule has 1 aliphatic heterocycles. The molecule has 0 saturated carbocycles. The fraction of sp³-hybridized carbons (Fsp3) is 0.412. The van der Waals surface area contributed by atoms with Gasteiger partial charge in [-0.05, 0) is 43.0 Å². The highest BCUT2D eigenvalue weighted by molar-refractivity contribution is 5.92. The summed E-state index contributed by atoms with van der Waals surface area (Å²) in [5.41, 5.74) is 1.46. The van der Waals surface area contributed by atoms with E-state index in [-0.39, 0.29) is 5.91 Å². The van der Waals surface area contributed by atoms with Crippen molar-refractivity contribution in [3.8, 4) is 11.4 Å². The van der Waals surface area contributed by atoms with Crippen molar-refractivity contribution in [3.05, 3.63) is 42.5 Å². The van der Waals surface area contributed by atoms with Gasteiger partial charge in [-0.2, -0.15) is 0 Å². The molecule has 5 heteroatoms. The second-order valence-corrected chi connectivity index (χ2v) is 5.84. The molecule has 1 fully saturated rings. The Kier molecular flexibility index (Phi) is 4.13. The van der Waals surface area contributed by atoms with E-state index in [1.165, 1.54) is 0 Å². The molecule has 0 spiro atoms. The zero-order valence-corrected chi connectivity index (χ0v) is 13.0. The van der Waals surface area contributed by atoms with Gasteiger partial charge in [0.15, 0.2) is 0 Å². The zero-order valence-electron chi connectivity index (χ0n) is 13.0. The molecule has 0 N–H and O–H groups in total. The van der Waals surface area contributed by atoms with Gasteiger partial charge >= 0.3 is 0 Å². The summed E-state index contributed by atoms with van der Waals surface area (Å²) in [6.07, 6.45) is 5.62. The number of ether oxygens (including phenoxy) is 1. The molecule has 0 atom stereocenters. The second-order valence-electron chi connectivity index (χ2n) is 5.84. The third-order valence-electron chi connectivity index (χ3n) is 4.24.